The third-order valence-electron chi connectivity index (χ3n) is 6.80. The number of halogens is 3. The summed E-state index contributed by atoms with van der Waals surface area (Å²) < 4.78 is 0. The van der Waals surface area contributed by atoms with Crippen LogP contribution in [0.1, 0.15) is 64.5 Å². The Bertz CT molecular complexity index is 816. The molecule has 1 unspecified atom stereocenters. The van der Waals surface area contributed by atoms with Gasteiger partial charge in [0.2, 0.25) is 0 Å². The van der Waals surface area contributed by atoms with Crippen molar-refractivity contribution in [3.05, 3.63) is 63.1 Å². The smallest absolute Gasteiger partial charge is 0.0670 e. The van der Waals surface area contributed by atoms with Gasteiger partial charge in [0.15, 0.2) is 0 Å². The minimum atomic E-state index is 0.253. The molecule has 4 rings (SSSR count). The maximum absolute atomic E-state index is 6.60. The number of hydrogen-bond donors (Lipinski definition) is 0. The summed E-state index contributed by atoms with van der Waals surface area (Å²) in [5.41, 5.74) is 2.35. The molecule has 2 aromatic carbocycles. The molecule has 0 spiro atoms. The van der Waals surface area contributed by atoms with E-state index in [1.807, 2.05) is 38.1 Å². The number of benzene rings is 2. The molecule has 2 fully saturated rings. The molecular weight excluding hydrogens is 447 g/mol. The molecule has 1 saturated heterocycles. The van der Waals surface area contributed by atoms with Crippen molar-refractivity contribution in [1.82, 2.24) is 4.90 Å². The van der Waals surface area contributed by atoms with E-state index in [0.717, 1.165) is 36.3 Å². The molecule has 1 heterocycles. The monoisotopic (exact) mass is 480 g/mol. The molecule has 0 radical (unpaired) electrons. The summed E-state index contributed by atoms with van der Waals surface area (Å²) in [6.07, 6.45) is 6.72. The Kier molecular flexibility index (Phi) is 9.40. The van der Waals surface area contributed by atoms with Crippen LogP contribution in [-0.2, 0) is 0 Å². The van der Waals surface area contributed by atoms with Crippen LogP contribution >= 0.6 is 34.8 Å². The fraction of sp³-hybridized carbons (Fsp3) is 0.538. The second-order valence-electron chi connectivity index (χ2n) is 8.43. The van der Waals surface area contributed by atoms with Crippen LogP contribution in [0.3, 0.4) is 0 Å². The van der Waals surface area contributed by atoms with Gasteiger partial charge in [-0.3, -0.25) is 4.90 Å². The van der Waals surface area contributed by atoms with E-state index in [9.17, 15) is 0 Å². The zero-order valence-electron chi connectivity index (χ0n) is 19.0. The Balaban J connectivity index is 0.00000132. The van der Waals surface area contributed by atoms with Gasteiger partial charge >= 0.3 is 0 Å². The van der Waals surface area contributed by atoms with E-state index >= 15 is 0 Å². The Morgan fingerprint density at radius 2 is 1.48 bits per heavy atom. The van der Waals surface area contributed by atoms with Gasteiger partial charge in [0.1, 0.15) is 0 Å². The molecule has 2 aromatic rings. The number of rotatable bonds is 4. The fourth-order valence-electron chi connectivity index (χ4n) is 5.03. The first-order valence-corrected chi connectivity index (χ1v) is 12.9. The molecule has 5 heteroatoms. The molecule has 0 bridgehead atoms. The molecule has 1 saturated carbocycles. The highest BCUT2D eigenvalue weighted by Crippen LogP contribution is 2.39. The first kappa shape index (κ1) is 24.7. The number of anilines is 1. The summed E-state index contributed by atoms with van der Waals surface area (Å²) in [6.45, 7) is 9.38. The lowest BCUT2D eigenvalue weighted by Crippen LogP contribution is -2.52. The minimum absolute atomic E-state index is 0.253. The summed E-state index contributed by atoms with van der Waals surface area (Å²) in [6, 6.07) is 15.1. The topological polar surface area (TPSA) is 6.48 Å². The van der Waals surface area contributed by atoms with Crippen LogP contribution in [0.2, 0.25) is 15.1 Å². The van der Waals surface area contributed by atoms with E-state index < -0.39 is 0 Å². The SMILES string of the molecule is CC.CCC1CCC(N2CCN(c3ccc(Cl)cc3Cl)C(c3ccc(Cl)cc3)C2)CC1. The zero-order chi connectivity index (χ0) is 22.4. The summed E-state index contributed by atoms with van der Waals surface area (Å²) in [7, 11) is 0. The van der Waals surface area contributed by atoms with Gasteiger partial charge in [0.25, 0.3) is 0 Å². The van der Waals surface area contributed by atoms with Crippen LogP contribution in [0.4, 0.5) is 5.69 Å². The van der Waals surface area contributed by atoms with Gasteiger partial charge < -0.3 is 4.90 Å². The molecule has 31 heavy (non-hydrogen) atoms. The second-order valence-corrected chi connectivity index (χ2v) is 9.71. The first-order valence-electron chi connectivity index (χ1n) is 11.8. The molecule has 0 aromatic heterocycles. The quantitative estimate of drug-likeness (QED) is 0.432. The van der Waals surface area contributed by atoms with E-state index in [-0.39, 0.29) is 6.04 Å². The Morgan fingerprint density at radius 3 is 2.10 bits per heavy atom. The van der Waals surface area contributed by atoms with E-state index in [0.29, 0.717) is 16.1 Å². The van der Waals surface area contributed by atoms with Crippen LogP contribution in [0.5, 0.6) is 0 Å². The van der Waals surface area contributed by atoms with Crippen molar-refractivity contribution in [3.8, 4) is 0 Å². The van der Waals surface area contributed by atoms with E-state index in [1.54, 1.807) is 0 Å². The minimum Gasteiger partial charge on any atom is -0.361 e. The first-order chi connectivity index (χ1) is 15.0. The maximum Gasteiger partial charge on any atom is 0.0670 e. The summed E-state index contributed by atoms with van der Waals surface area (Å²) in [5, 5.41) is 2.16. The molecule has 2 nitrogen and oxygen atoms in total. The lowest BCUT2D eigenvalue weighted by atomic mass is 9.83. The van der Waals surface area contributed by atoms with Crippen molar-refractivity contribution in [2.75, 3.05) is 24.5 Å². The van der Waals surface area contributed by atoms with Gasteiger partial charge in [-0.15, -0.1) is 0 Å². The summed E-state index contributed by atoms with van der Waals surface area (Å²) in [4.78, 5) is 5.15. The van der Waals surface area contributed by atoms with Crippen molar-refractivity contribution in [2.24, 2.45) is 5.92 Å². The predicted octanol–water partition coefficient (Wildman–Crippen LogP) is 8.51. The highest BCUT2D eigenvalue weighted by molar-refractivity contribution is 6.36. The lowest BCUT2D eigenvalue weighted by Gasteiger charge is -2.47. The van der Waals surface area contributed by atoms with E-state index in [2.05, 4.69) is 34.9 Å². The summed E-state index contributed by atoms with van der Waals surface area (Å²) >= 11 is 18.9. The van der Waals surface area contributed by atoms with E-state index in [4.69, 9.17) is 34.8 Å². The van der Waals surface area contributed by atoms with Gasteiger partial charge in [-0.05, 0) is 67.5 Å². The van der Waals surface area contributed by atoms with Crippen LogP contribution in [0, 0.1) is 5.92 Å². The average Bonchev–Trinajstić information content (AvgIpc) is 2.81. The van der Waals surface area contributed by atoms with Crippen molar-refractivity contribution >= 4 is 40.5 Å². The van der Waals surface area contributed by atoms with Gasteiger partial charge in [-0.2, -0.15) is 0 Å². The third-order valence-corrected chi connectivity index (χ3v) is 7.59. The normalized spacial score (nSPS) is 24.5. The van der Waals surface area contributed by atoms with Gasteiger partial charge in [0, 0.05) is 35.7 Å². The molecule has 1 aliphatic heterocycles. The second kappa shape index (κ2) is 11.8. The van der Waals surface area contributed by atoms with Gasteiger partial charge in [-0.1, -0.05) is 74.1 Å². The third kappa shape index (κ3) is 6.11. The molecular formula is C26H35Cl3N2. The molecule has 170 valence electrons. The number of piperazine rings is 1. The van der Waals surface area contributed by atoms with Crippen molar-refractivity contribution in [1.29, 1.82) is 0 Å². The Hall–Kier alpha value is -0.930. The standard InChI is InChI=1S/C24H29Cl3N2.C2H6/c1-2-17-3-10-21(11-4-17)28-13-14-29(23-12-9-20(26)15-22(23)27)24(16-28)18-5-7-19(25)8-6-18;1-2/h5-9,12,15,17,21,24H,2-4,10-11,13-14,16H2,1H3;1-2H3. The van der Waals surface area contributed by atoms with Crippen LogP contribution in [0.25, 0.3) is 0 Å². The molecule has 1 atom stereocenters. The molecule has 1 aliphatic carbocycles. The Labute approximate surface area is 203 Å². The van der Waals surface area contributed by atoms with Gasteiger partial charge in [0.05, 0.1) is 16.8 Å². The molecule has 2 aliphatic rings. The van der Waals surface area contributed by atoms with Crippen molar-refractivity contribution in [3.63, 3.8) is 0 Å². The van der Waals surface area contributed by atoms with E-state index in [1.165, 1.54) is 37.7 Å². The predicted molar refractivity (Wildman–Crippen MR) is 137 cm³/mol. The Morgan fingerprint density at radius 1 is 0.839 bits per heavy atom. The average molecular weight is 482 g/mol. The van der Waals surface area contributed by atoms with Crippen LogP contribution < -0.4 is 4.90 Å². The molecule has 0 amide bonds. The number of hydrogen-bond acceptors (Lipinski definition) is 2. The zero-order valence-corrected chi connectivity index (χ0v) is 21.2. The van der Waals surface area contributed by atoms with Crippen molar-refractivity contribution < 1.29 is 0 Å². The highest BCUT2D eigenvalue weighted by atomic mass is 35.5. The highest BCUT2D eigenvalue weighted by Gasteiger charge is 2.34. The van der Waals surface area contributed by atoms with Crippen LogP contribution in [-0.4, -0.2) is 30.6 Å². The lowest BCUT2D eigenvalue weighted by molar-refractivity contribution is 0.112. The maximum atomic E-state index is 6.60. The fourth-order valence-corrected chi connectivity index (χ4v) is 5.67. The molecule has 0 N–H and O–H groups in total. The summed E-state index contributed by atoms with van der Waals surface area (Å²) in [5.74, 6) is 0.924. The van der Waals surface area contributed by atoms with Crippen molar-refractivity contribution in [2.45, 2.75) is 65.0 Å². The number of nitrogens with zero attached hydrogens (tertiary/aromatic N) is 2. The largest absolute Gasteiger partial charge is 0.361 e. The van der Waals surface area contributed by atoms with Crippen LogP contribution in [0.15, 0.2) is 42.5 Å². The van der Waals surface area contributed by atoms with Gasteiger partial charge in [-0.25, -0.2) is 0 Å².